The summed E-state index contributed by atoms with van der Waals surface area (Å²) < 4.78 is 1.98. The average molecular weight is 304 g/mol. The Balaban J connectivity index is 1.86. The zero-order valence-corrected chi connectivity index (χ0v) is 14.0. The monoisotopic (exact) mass is 304 g/mol. The molecule has 0 aliphatic carbocycles. The number of aromatic nitrogens is 1. The quantitative estimate of drug-likeness (QED) is 0.865. The predicted molar refractivity (Wildman–Crippen MR) is 87.5 cm³/mol. The highest BCUT2D eigenvalue weighted by Crippen LogP contribution is 2.20. The van der Waals surface area contributed by atoms with Crippen LogP contribution in [0.1, 0.15) is 36.2 Å². The first-order valence-corrected chi connectivity index (χ1v) is 8.15. The molecule has 2 heterocycles. The summed E-state index contributed by atoms with van der Waals surface area (Å²) in [7, 11) is 4.12. The van der Waals surface area contributed by atoms with E-state index in [1.165, 1.54) is 24.1 Å². The van der Waals surface area contributed by atoms with Crippen molar-refractivity contribution >= 4 is 0 Å². The molecule has 5 nitrogen and oxygen atoms in total. The lowest BCUT2D eigenvalue weighted by Crippen LogP contribution is -2.43. The van der Waals surface area contributed by atoms with E-state index in [4.69, 9.17) is 10.4 Å². The van der Waals surface area contributed by atoms with Crippen LogP contribution in [0.5, 0.6) is 0 Å². The second kappa shape index (κ2) is 7.77. The van der Waals surface area contributed by atoms with Crippen LogP contribution in [-0.4, -0.2) is 58.8 Å². The number of rotatable bonds is 6. The summed E-state index contributed by atoms with van der Waals surface area (Å²) in [5, 5.41) is 18.1. The summed E-state index contributed by atoms with van der Waals surface area (Å²) in [6.07, 6.45) is 3.22. The number of nitrogens with zero attached hydrogens (tertiary/aromatic N) is 4. The van der Waals surface area contributed by atoms with Crippen molar-refractivity contribution in [2.75, 3.05) is 33.3 Å². The molecule has 5 heteroatoms. The van der Waals surface area contributed by atoms with Gasteiger partial charge in [0, 0.05) is 38.5 Å². The van der Waals surface area contributed by atoms with Gasteiger partial charge < -0.3 is 14.6 Å². The Morgan fingerprint density at radius 2 is 2.09 bits per heavy atom. The van der Waals surface area contributed by atoms with Crippen LogP contribution in [0.4, 0.5) is 0 Å². The SMILES string of the molecule is Cc1c(CN2CCC(N(C)CCCO)CC2)cc(C#N)n1C. The van der Waals surface area contributed by atoms with Gasteiger partial charge in [-0.2, -0.15) is 5.26 Å². The van der Waals surface area contributed by atoms with E-state index in [0.29, 0.717) is 6.04 Å². The molecular weight excluding hydrogens is 276 g/mol. The Bertz CT molecular complexity index is 523. The molecule has 0 aromatic carbocycles. The Kier molecular flexibility index (Phi) is 6.01. The molecule has 22 heavy (non-hydrogen) atoms. The van der Waals surface area contributed by atoms with Gasteiger partial charge in [-0.15, -0.1) is 0 Å². The second-order valence-corrected chi connectivity index (χ2v) is 6.38. The van der Waals surface area contributed by atoms with E-state index < -0.39 is 0 Å². The molecule has 1 aromatic rings. The van der Waals surface area contributed by atoms with Crippen LogP contribution in [0.3, 0.4) is 0 Å². The second-order valence-electron chi connectivity index (χ2n) is 6.38. The van der Waals surface area contributed by atoms with E-state index in [1.807, 2.05) is 17.7 Å². The van der Waals surface area contributed by atoms with Crippen LogP contribution in [0.2, 0.25) is 0 Å². The van der Waals surface area contributed by atoms with Gasteiger partial charge in [0.15, 0.2) is 0 Å². The zero-order chi connectivity index (χ0) is 16.1. The van der Waals surface area contributed by atoms with Crippen molar-refractivity contribution in [3.05, 3.63) is 23.0 Å². The molecule has 0 atom stereocenters. The zero-order valence-electron chi connectivity index (χ0n) is 14.0. The number of piperidine rings is 1. The molecule has 1 N–H and O–H groups in total. The maximum absolute atomic E-state index is 9.12. The summed E-state index contributed by atoms with van der Waals surface area (Å²) in [4.78, 5) is 4.87. The highest BCUT2D eigenvalue weighted by Gasteiger charge is 2.23. The predicted octanol–water partition coefficient (Wildman–Crippen LogP) is 1.48. The van der Waals surface area contributed by atoms with Gasteiger partial charge in [0.05, 0.1) is 0 Å². The lowest BCUT2D eigenvalue weighted by atomic mass is 10.0. The maximum Gasteiger partial charge on any atom is 0.120 e. The Hall–Kier alpha value is -1.35. The lowest BCUT2D eigenvalue weighted by Gasteiger charge is -2.36. The molecule has 0 spiro atoms. The molecule has 0 radical (unpaired) electrons. The molecule has 0 amide bonds. The third-order valence-corrected chi connectivity index (χ3v) is 5.00. The van der Waals surface area contributed by atoms with Crippen LogP contribution in [-0.2, 0) is 13.6 Å². The first-order chi connectivity index (χ1) is 10.6. The molecule has 2 rings (SSSR count). The van der Waals surface area contributed by atoms with Gasteiger partial charge in [-0.3, -0.25) is 4.90 Å². The number of aliphatic hydroxyl groups excluding tert-OH is 1. The lowest BCUT2D eigenvalue weighted by molar-refractivity contribution is 0.117. The minimum Gasteiger partial charge on any atom is -0.396 e. The summed E-state index contributed by atoms with van der Waals surface area (Å²) in [5.74, 6) is 0. The highest BCUT2D eigenvalue weighted by molar-refractivity contribution is 5.34. The van der Waals surface area contributed by atoms with E-state index in [9.17, 15) is 0 Å². The van der Waals surface area contributed by atoms with Crippen molar-refractivity contribution in [3.63, 3.8) is 0 Å². The van der Waals surface area contributed by atoms with Crippen molar-refractivity contribution in [2.45, 2.75) is 38.8 Å². The molecule has 1 saturated heterocycles. The minimum absolute atomic E-state index is 0.275. The molecule has 0 saturated carbocycles. The fourth-order valence-electron chi connectivity index (χ4n) is 3.29. The summed E-state index contributed by atoms with van der Waals surface area (Å²) >= 11 is 0. The van der Waals surface area contributed by atoms with Gasteiger partial charge in [0.2, 0.25) is 0 Å². The number of likely N-dealkylation sites (tertiary alicyclic amines) is 1. The van der Waals surface area contributed by atoms with Crippen molar-refractivity contribution in [3.8, 4) is 6.07 Å². The van der Waals surface area contributed by atoms with E-state index in [2.05, 4.69) is 29.8 Å². The largest absolute Gasteiger partial charge is 0.396 e. The van der Waals surface area contributed by atoms with Crippen LogP contribution in [0.25, 0.3) is 0 Å². The maximum atomic E-state index is 9.12. The van der Waals surface area contributed by atoms with Crippen LogP contribution in [0, 0.1) is 18.3 Å². The van der Waals surface area contributed by atoms with Crippen LogP contribution >= 0.6 is 0 Å². The van der Waals surface area contributed by atoms with Gasteiger partial charge in [-0.25, -0.2) is 0 Å². The van der Waals surface area contributed by atoms with Gasteiger partial charge >= 0.3 is 0 Å². The van der Waals surface area contributed by atoms with E-state index >= 15 is 0 Å². The van der Waals surface area contributed by atoms with Crippen molar-refractivity contribution in [2.24, 2.45) is 7.05 Å². The molecular formula is C17H28N4O. The van der Waals surface area contributed by atoms with E-state index in [-0.39, 0.29) is 6.61 Å². The van der Waals surface area contributed by atoms with Gasteiger partial charge in [0.1, 0.15) is 11.8 Å². The molecule has 1 fully saturated rings. The summed E-state index contributed by atoms with van der Waals surface area (Å²) in [5.41, 5.74) is 3.20. The molecule has 0 bridgehead atoms. The highest BCUT2D eigenvalue weighted by atomic mass is 16.3. The Morgan fingerprint density at radius 1 is 1.41 bits per heavy atom. The first kappa shape index (κ1) is 17.0. The smallest absolute Gasteiger partial charge is 0.120 e. The minimum atomic E-state index is 0.275. The normalized spacial score (nSPS) is 17.1. The van der Waals surface area contributed by atoms with Crippen molar-refractivity contribution in [1.82, 2.24) is 14.4 Å². The van der Waals surface area contributed by atoms with E-state index in [1.54, 1.807) is 0 Å². The van der Waals surface area contributed by atoms with Gasteiger partial charge in [-0.05, 0) is 58.0 Å². The number of aliphatic hydroxyl groups is 1. The van der Waals surface area contributed by atoms with Crippen LogP contribution < -0.4 is 0 Å². The number of hydrogen-bond acceptors (Lipinski definition) is 4. The number of hydrogen-bond donors (Lipinski definition) is 1. The Labute approximate surface area is 133 Å². The fraction of sp³-hybridized carbons (Fsp3) is 0.706. The fourth-order valence-corrected chi connectivity index (χ4v) is 3.29. The molecule has 1 aliphatic rings. The van der Waals surface area contributed by atoms with E-state index in [0.717, 1.165) is 38.3 Å². The summed E-state index contributed by atoms with van der Waals surface area (Å²) in [6, 6.07) is 4.91. The molecule has 1 aromatic heterocycles. The topological polar surface area (TPSA) is 55.4 Å². The molecule has 0 unspecified atom stereocenters. The first-order valence-electron chi connectivity index (χ1n) is 8.15. The summed E-state index contributed by atoms with van der Waals surface area (Å²) in [6.45, 7) is 6.48. The molecule has 1 aliphatic heterocycles. The number of nitriles is 1. The van der Waals surface area contributed by atoms with Crippen molar-refractivity contribution in [1.29, 1.82) is 5.26 Å². The third kappa shape index (κ3) is 3.89. The van der Waals surface area contributed by atoms with Crippen molar-refractivity contribution < 1.29 is 5.11 Å². The Morgan fingerprint density at radius 3 is 2.64 bits per heavy atom. The standard InChI is InChI=1S/C17H28N4O/c1-14-15(11-17(12-18)20(14)3)13-21-8-5-16(6-9-21)19(2)7-4-10-22/h11,16,22H,4-10,13H2,1-3H3. The van der Waals surface area contributed by atoms with Gasteiger partial charge in [0.25, 0.3) is 0 Å². The molecule has 122 valence electrons. The average Bonchev–Trinajstić information content (AvgIpc) is 2.81. The third-order valence-electron chi connectivity index (χ3n) is 5.00. The van der Waals surface area contributed by atoms with Gasteiger partial charge in [-0.1, -0.05) is 0 Å². The van der Waals surface area contributed by atoms with Crippen LogP contribution in [0.15, 0.2) is 6.07 Å².